The molecule has 110 valence electrons. The van der Waals surface area contributed by atoms with Gasteiger partial charge >= 0.3 is 0 Å². The molecule has 0 aliphatic heterocycles. The number of hydrazine groups is 1. The predicted octanol–water partition coefficient (Wildman–Crippen LogP) is 1.53. The largest absolute Gasteiger partial charge is 0.273 e. The van der Waals surface area contributed by atoms with Gasteiger partial charge in [0.25, 0.3) is 0 Å². The zero-order valence-electron chi connectivity index (χ0n) is 12.3. The molecule has 0 bridgehead atoms. The van der Waals surface area contributed by atoms with Gasteiger partial charge < -0.3 is 0 Å². The van der Waals surface area contributed by atoms with Crippen LogP contribution in [0.25, 0.3) is 0 Å². The summed E-state index contributed by atoms with van der Waals surface area (Å²) in [5, 5.41) is 8.80. The van der Waals surface area contributed by atoms with Gasteiger partial charge in [0, 0.05) is 31.8 Å². The van der Waals surface area contributed by atoms with E-state index >= 15 is 0 Å². The third-order valence-corrected chi connectivity index (χ3v) is 4.67. The lowest BCUT2D eigenvalue weighted by molar-refractivity contribution is 0.525. The Kier molecular flexibility index (Phi) is 4.62. The number of halogens is 1. The Bertz CT molecular complexity index is 600. The van der Waals surface area contributed by atoms with Gasteiger partial charge in [0.2, 0.25) is 0 Å². The van der Waals surface area contributed by atoms with Gasteiger partial charge in [-0.1, -0.05) is 6.92 Å². The van der Waals surface area contributed by atoms with Crippen LogP contribution in [0, 0.1) is 6.92 Å². The average Bonchev–Trinajstić information content (AvgIpc) is 2.90. The lowest BCUT2D eigenvalue weighted by Crippen LogP contribution is -2.30. The van der Waals surface area contributed by atoms with E-state index in [2.05, 4.69) is 38.5 Å². The van der Waals surface area contributed by atoms with Crippen LogP contribution in [0.3, 0.4) is 0 Å². The molecule has 6 nitrogen and oxygen atoms in total. The van der Waals surface area contributed by atoms with Crippen LogP contribution in [-0.4, -0.2) is 19.6 Å². The summed E-state index contributed by atoms with van der Waals surface area (Å²) < 4.78 is 4.85. The fourth-order valence-corrected chi connectivity index (χ4v) is 3.13. The Labute approximate surface area is 127 Å². The summed E-state index contributed by atoms with van der Waals surface area (Å²) in [7, 11) is 3.89. The van der Waals surface area contributed by atoms with E-state index in [4.69, 9.17) is 5.84 Å². The van der Waals surface area contributed by atoms with E-state index in [9.17, 15) is 0 Å². The van der Waals surface area contributed by atoms with Gasteiger partial charge in [0.15, 0.2) is 0 Å². The highest BCUT2D eigenvalue weighted by molar-refractivity contribution is 9.10. The monoisotopic (exact) mass is 340 g/mol. The van der Waals surface area contributed by atoms with Crippen molar-refractivity contribution in [1.29, 1.82) is 0 Å². The summed E-state index contributed by atoms with van der Waals surface area (Å²) in [6.45, 7) is 4.14. The van der Waals surface area contributed by atoms with Crippen molar-refractivity contribution in [2.45, 2.75) is 32.7 Å². The van der Waals surface area contributed by atoms with Crippen LogP contribution in [0.15, 0.2) is 10.7 Å². The minimum atomic E-state index is 0.0140. The summed E-state index contributed by atoms with van der Waals surface area (Å²) in [4.78, 5) is 0. The Balaban J connectivity index is 2.32. The van der Waals surface area contributed by atoms with Crippen molar-refractivity contribution in [3.63, 3.8) is 0 Å². The number of aromatic nitrogens is 4. The van der Waals surface area contributed by atoms with Gasteiger partial charge in [-0.2, -0.15) is 10.2 Å². The molecule has 1 unspecified atom stereocenters. The fourth-order valence-electron chi connectivity index (χ4n) is 2.35. The van der Waals surface area contributed by atoms with Gasteiger partial charge in [-0.05, 0) is 29.3 Å². The van der Waals surface area contributed by atoms with Crippen LogP contribution in [0.1, 0.15) is 35.6 Å². The van der Waals surface area contributed by atoms with E-state index in [0.717, 1.165) is 40.0 Å². The molecule has 2 heterocycles. The summed E-state index contributed by atoms with van der Waals surface area (Å²) in [6.07, 6.45) is 3.53. The molecule has 0 aromatic carbocycles. The summed E-state index contributed by atoms with van der Waals surface area (Å²) in [5.74, 6) is 5.74. The van der Waals surface area contributed by atoms with Crippen LogP contribution >= 0.6 is 15.9 Å². The summed E-state index contributed by atoms with van der Waals surface area (Å²) in [5.41, 5.74) is 7.32. The highest BCUT2D eigenvalue weighted by atomic mass is 79.9. The van der Waals surface area contributed by atoms with Crippen LogP contribution in [0.2, 0.25) is 0 Å². The normalized spacial score (nSPS) is 12.9. The minimum absolute atomic E-state index is 0.0140. The molecule has 2 aromatic rings. The number of nitrogens with zero attached hydrogens (tertiary/aromatic N) is 4. The molecule has 20 heavy (non-hydrogen) atoms. The van der Waals surface area contributed by atoms with Crippen molar-refractivity contribution < 1.29 is 0 Å². The van der Waals surface area contributed by atoms with E-state index in [-0.39, 0.29) is 6.04 Å². The Morgan fingerprint density at radius 3 is 2.55 bits per heavy atom. The number of nitrogens with one attached hydrogen (secondary N) is 1. The highest BCUT2D eigenvalue weighted by Gasteiger charge is 2.21. The molecular formula is C13H21BrN6. The second-order valence-electron chi connectivity index (χ2n) is 4.92. The standard InChI is InChI=1S/C13H21BrN6/c1-5-10-13(14)12(20(4)18-10)6-11(17-15)9-7-16-19(3)8(9)2/h7,11,17H,5-6,15H2,1-4H3. The van der Waals surface area contributed by atoms with Crippen LogP contribution in [0.4, 0.5) is 0 Å². The fraction of sp³-hybridized carbons (Fsp3) is 0.538. The molecule has 0 radical (unpaired) electrons. The smallest absolute Gasteiger partial charge is 0.0766 e. The van der Waals surface area contributed by atoms with Crippen LogP contribution in [0.5, 0.6) is 0 Å². The molecule has 0 spiro atoms. The number of rotatable bonds is 5. The SMILES string of the molecule is CCc1nn(C)c(CC(NN)c2cnn(C)c2C)c1Br. The third kappa shape index (κ3) is 2.65. The Morgan fingerprint density at radius 2 is 2.10 bits per heavy atom. The van der Waals surface area contributed by atoms with Crippen molar-refractivity contribution >= 4 is 15.9 Å². The van der Waals surface area contributed by atoms with Gasteiger partial charge in [0.05, 0.1) is 28.1 Å². The first-order valence-corrected chi connectivity index (χ1v) is 7.43. The molecule has 3 N–H and O–H groups in total. The number of hydrogen-bond donors (Lipinski definition) is 2. The van der Waals surface area contributed by atoms with Gasteiger partial charge in [-0.25, -0.2) is 0 Å². The summed E-state index contributed by atoms with van der Waals surface area (Å²) in [6, 6.07) is 0.0140. The van der Waals surface area contributed by atoms with Crippen molar-refractivity contribution in [2.75, 3.05) is 0 Å². The number of nitrogens with two attached hydrogens (primary N) is 1. The Morgan fingerprint density at radius 1 is 1.40 bits per heavy atom. The molecule has 0 saturated carbocycles. The molecule has 0 amide bonds. The summed E-state index contributed by atoms with van der Waals surface area (Å²) >= 11 is 3.64. The van der Waals surface area contributed by atoms with Crippen molar-refractivity contribution in [3.05, 3.63) is 33.3 Å². The second-order valence-corrected chi connectivity index (χ2v) is 5.71. The molecule has 0 saturated heterocycles. The molecule has 0 aliphatic carbocycles. The third-order valence-electron chi connectivity index (χ3n) is 3.75. The zero-order chi connectivity index (χ0) is 14.9. The van der Waals surface area contributed by atoms with Crippen LogP contribution in [-0.2, 0) is 26.9 Å². The lowest BCUT2D eigenvalue weighted by atomic mass is 10.0. The maximum atomic E-state index is 5.74. The predicted molar refractivity (Wildman–Crippen MR) is 82.0 cm³/mol. The van der Waals surface area contributed by atoms with Crippen molar-refractivity contribution in [1.82, 2.24) is 25.0 Å². The molecule has 1 atom stereocenters. The van der Waals surface area contributed by atoms with Crippen molar-refractivity contribution in [2.24, 2.45) is 19.9 Å². The maximum absolute atomic E-state index is 5.74. The molecule has 0 fully saturated rings. The molecule has 2 aromatic heterocycles. The van der Waals surface area contributed by atoms with Gasteiger partial charge in [-0.3, -0.25) is 20.6 Å². The van der Waals surface area contributed by atoms with E-state index in [1.807, 2.05) is 36.6 Å². The van der Waals surface area contributed by atoms with E-state index in [0.29, 0.717) is 0 Å². The van der Waals surface area contributed by atoms with Crippen molar-refractivity contribution in [3.8, 4) is 0 Å². The Hall–Kier alpha value is -1.18. The van der Waals surface area contributed by atoms with Crippen LogP contribution < -0.4 is 11.3 Å². The van der Waals surface area contributed by atoms with E-state index < -0.39 is 0 Å². The highest BCUT2D eigenvalue weighted by Crippen LogP contribution is 2.27. The minimum Gasteiger partial charge on any atom is -0.273 e. The quantitative estimate of drug-likeness (QED) is 0.639. The first kappa shape index (κ1) is 15.2. The first-order chi connectivity index (χ1) is 9.49. The van der Waals surface area contributed by atoms with Gasteiger partial charge in [0.1, 0.15) is 0 Å². The molecular weight excluding hydrogens is 320 g/mol. The maximum Gasteiger partial charge on any atom is 0.0766 e. The molecule has 2 rings (SSSR count). The number of hydrogen-bond acceptors (Lipinski definition) is 4. The second kappa shape index (κ2) is 6.07. The average molecular weight is 341 g/mol. The molecule has 7 heteroatoms. The lowest BCUT2D eigenvalue weighted by Gasteiger charge is -2.16. The van der Waals surface area contributed by atoms with Gasteiger partial charge in [-0.15, -0.1) is 0 Å². The first-order valence-electron chi connectivity index (χ1n) is 6.64. The molecule has 0 aliphatic rings. The van der Waals surface area contributed by atoms with E-state index in [1.165, 1.54) is 0 Å². The number of aryl methyl sites for hydroxylation is 3. The zero-order valence-corrected chi connectivity index (χ0v) is 13.9. The van der Waals surface area contributed by atoms with E-state index in [1.54, 1.807) is 0 Å². The topological polar surface area (TPSA) is 73.7 Å².